The van der Waals surface area contributed by atoms with Crippen LogP contribution in [-0.2, 0) is 4.79 Å². The molecule has 0 spiro atoms. The van der Waals surface area contributed by atoms with Crippen molar-refractivity contribution in [2.75, 3.05) is 18.8 Å². The molecule has 0 aromatic heterocycles. The molecule has 106 valence electrons. The molecule has 1 saturated carbocycles. The Balaban J connectivity index is 1.52. The van der Waals surface area contributed by atoms with Crippen molar-refractivity contribution in [2.24, 2.45) is 17.6 Å². The third-order valence-electron chi connectivity index (χ3n) is 5.22. The first-order chi connectivity index (χ1) is 9.74. The minimum atomic E-state index is 0.0613. The normalized spacial score (nSPS) is 35.1. The number of carbonyl (C=O) groups is 1. The number of hydrogen-bond donors (Lipinski definition) is 1. The Morgan fingerprint density at radius 3 is 2.95 bits per heavy atom. The molecule has 2 fully saturated rings. The molecule has 3 nitrogen and oxygen atoms in total. The van der Waals surface area contributed by atoms with Crippen molar-refractivity contribution in [2.45, 2.75) is 29.7 Å². The molecule has 20 heavy (non-hydrogen) atoms. The van der Waals surface area contributed by atoms with Gasteiger partial charge in [0, 0.05) is 29.8 Å². The number of fused-ring (bicyclic) bond motifs is 2. The van der Waals surface area contributed by atoms with Crippen LogP contribution in [-0.4, -0.2) is 35.7 Å². The summed E-state index contributed by atoms with van der Waals surface area (Å²) in [5.74, 6) is 2.48. The summed E-state index contributed by atoms with van der Waals surface area (Å²) in [5, 5.41) is 0. The quantitative estimate of drug-likeness (QED) is 0.860. The van der Waals surface area contributed by atoms with Gasteiger partial charge in [-0.05, 0) is 36.3 Å². The van der Waals surface area contributed by atoms with Crippen molar-refractivity contribution < 1.29 is 4.79 Å². The summed E-state index contributed by atoms with van der Waals surface area (Å²) in [7, 11) is 0. The molecule has 2 N–H and O–H groups in total. The summed E-state index contributed by atoms with van der Waals surface area (Å²) in [6.07, 6.45) is 2.34. The van der Waals surface area contributed by atoms with Gasteiger partial charge in [-0.15, -0.1) is 11.8 Å². The molecule has 3 aliphatic rings. The molecule has 4 rings (SSSR count). The molecular weight excluding hydrogens is 268 g/mol. The summed E-state index contributed by atoms with van der Waals surface area (Å²) in [4.78, 5) is 16.2. The highest BCUT2D eigenvalue weighted by atomic mass is 32.2. The Hall–Kier alpha value is -1.00. The Morgan fingerprint density at radius 1 is 1.25 bits per heavy atom. The van der Waals surface area contributed by atoms with Gasteiger partial charge < -0.3 is 10.6 Å². The lowest BCUT2D eigenvalue weighted by Gasteiger charge is -2.22. The van der Waals surface area contributed by atoms with Gasteiger partial charge in [0.25, 0.3) is 0 Å². The number of rotatable bonds is 1. The van der Waals surface area contributed by atoms with E-state index in [4.69, 9.17) is 5.73 Å². The van der Waals surface area contributed by atoms with Crippen molar-refractivity contribution >= 4 is 17.7 Å². The highest BCUT2D eigenvalue weighted by Gasteiger charge is 2.44. The van der Waals surface area contributed by atoms with Gasteiger partial charge >= 0.3 is 0 Å². The molecule has 0 radical (unpaired) electrons. The minimum Gasteiger partial charge on any atom is -0.342 e. The number of likely N-dealkylation sites (tertiary alicyclic amines) is 1. The molecule has 2 aliphatic heterocycles. The third-order valence-corrected chi connectivity index (χ3v) is 6.40. The van der Waals surface area contributed by atoms with Gasteiger partial charge in [0.15, 0.2) is 0 Å². The molecule has 1 aromatic rings. The van der Waals surface area contributed by atoms with E-state index in [0.29, 0.717) is 23.8 Å². The number of carbonyl (C=O) groups excluding carboxylic acids is 1. The maximum atomic E-state index is 12.8. The standard InChI is InChI=1S/C16H20N2OS/c17-14-6-5-10-7-18(8-12(10)14)16(19)13-9-20-15-4-2-1-3-11(13)15/h1-4,10,12-14H,5-9,17H2. The van der Waals surface area contributed by atoms with Gasteiger partial charge in [-0.2, -0.15) is 0 Å². The Morgan fingerprint density at radius 2 is 2.10 bits per heavy atom. The zero-order valence-electron chi connectivity index (χ0n) is 11.5. The van der Waals surface area contributed by atoms with E-state index in [2.05, 4.69) is 23.1 Å². The first-order valence-electron chi connectivity index (χ1n) is 7.50. The molecule has 1 saturated heterocycles. The number of nitrogens with zero attached hydrogens (tertiary/aromatic N) is 1. The summed E-state index contributed by atoms with van der Waals surface area (Å²) < 4.78 is 0. The highest BCUT2D eigenvalue weighted by molar-refractivity contribution is 7.99. The second kappa shape index (κ2) is 4.78. The van der Waals surface area contributed by atoms with Gasteiger partial charge in [0.2, 0.25) is 5.91 Å². The number of thioether (sulfide) groups is 1. The third kappa shape index (κ3) is 1.89. The van der Waals surface area contributed by atoms with Crippen LogP contribution in [0.15, 0.2) is 29.2 Å². The largest absolute Gasteiger partial charge is 0.342 e. The smallest absolute Gasteiger partial charge is 0.231 e. The molecule has 1 aliphatic carbocycles. The molecule has 2 heterocycles. The van der Waals surface area contributed by atoms with E-state index >= 15 is 0 Å². The predicted molar refractivity (Wildman–Crippen MR) is 80.7 cm³/mol. The average Bonchev–Trinajstić information content (AvgIpc) is 3.14. The second-order valence-corrected chi connectivity index (χ2v) is 7.37. The van der Waals surface area contributed by atoms with Crippen molar-refractivity contribution in [3.8, 4) is 0 Å². The van der Waals surface area contributed by atoms with Crippen LogP contribution in [0, 0.1) is 11.8 Å². The van der Waals surface area contributed by atoms with Gasteiger partial charge in [-0.3, -0.25) is 4.79 Å². The number of benzene rings is 1. The van der Waals surface area contributed by atoms with Crippen LogP contribution in [0.1, 0.15) is 24.3 Å². The summed E-state index contributed by atoms with van der Waals surface area (Å²) in [6, 6.07) is 8.64. The van der Waals surface area contributed by atoms with Gasteiger partial charge in [0.05, 0.1) is 5.92 Å². The monoisotopic (exact) mass is 288 g/mol. The SMILES string of the molecule is NC1CCC2CN(C(=O)C3CSc4ccccc43)CC12. The van der Waals surface area contributed by atoms with Gasteiger partial charge in [-0.25, -0.2) is 0 Å². The maximum absolute atomic E-state index is 12.8. The van der Waals surface area contributed by atoms with E-state index in [1.807, 2.05) is 17.8 Å². The van der Waals surface area contributed by atoms with Crippen LogP contribution < -0.4 is 5.73 Å². The lowest BCUT2D eigenvalue weighted by molar-refractivity contribution is -0.131. The molecule has 4 heteroatoms. The van der Waals surface area contributed by atoms with E-state index in [0.717, 1.165) is 25.3 Å². The van der Waals surface area contributed by atoms with Crippen LogP contribution in [0.4, 0.5) is 0 Å². The predicted octanol–water partition coefficient (Wildman–Crippen LogP) is 2.07. The van der Waals surface area contributed by atoms with Gasteiger partial charge in [0.1, 0.15) is 0 Å². The average molecular weight is 288 g/mol. The van der Waals surface area contributed by atoms with E-state index < -0.39 is 0 Å². The molecule has 1 aromatic carbocycles. The van der Waals surface area contributed by atoms with E-state index in [9.17, 15) is 4.79 Å². The van der Waals surface area contributed by atoms with Crippen LogP contribution in [0.25, 0.3) is 0 Å². The fourth-order valence-corrected chi connectivity index (χ4v) is 5.30. The zero-order chi connectivity index (χ0) is 13.7. The van der Waals surface area contributed by atoms with E-state index in [-0.39, 0.29) is 5.92 Å². The first kappa shape index (κ1) is 12.7. The number of hydrogen-bond acceptors (Lipinski definition) is 3. The molecule has 4 unspecified atom stereocenters. The molecule has 1 amide bonds. The second-order valence-electron chi connectivity index (χ2n) is 6.31. The van der Waals surface area contributed by atoms with Crippen molar-refractivity contribution in [3.63, 3.8) is 0 Å². The van der Waals surface area contributed by atoms with Gasteiger partial charge in [-0.1, -0.05) is 18.2 Å². The minimum absolute atomic E-state index is 0.0613. The van der Waals surface area contributed by atoms with Crippen LogP contribution in [0.5, 0.6) is 0 Å². The lowest BCUT2D eigenvalue weighted by atomic mass is 9.98. The van der Waals surface area contributed by atoms with E-state index in [1.165, 1.54) is 16.9 Å². The fourth-order valence-electron chi connectivity index (χ4n) is 4.07. The first-order valence-corrected chi connectivity index (χ1v) is 8.48. The maximum Gasteiger partial charge on any atom is 0.231 e. The lowest BCUT2D eigenvalue weighted by Crippen LogP contribution is -2.36. The van der Waals surface area contributed by atoms with Crippen LogP contribution in [0.2, 0.25) is 0 Å². The molecule has 0 bridgehead atoms. The highest BCUT2D eigenvalue weighted by Crippen LogP contribution is 2.43. The van der Waals surface area contributed by atoms with Crippen molar-refractivity contribution in [1.82, 2.24) is 4.90 Å². The number of amides is 1. The summed E-state index contributed by atoms with van der Waals surface area (Å²) >= 11 is 1.81. The zero-order valence-corrected chi connectivity index (χ0v) is 12.3. The Labute approximate surface area is 123 Å². The van der Waals surface area contributed by atoms with Crippen molar-refractivity contribution in [1.29, 1.82) is 0 Å². The van der Waals surface area contributed by atoms with E-state index in [1.54, 1.807) is 0 Å². The molecular formula is C16H20N2OS. The Bertz CT molecular complexity index is 547. The Kier molecular flexibility index (Phi) is 3.04. The number of nitrogens with two attached hydrogens (primary N) is 1. The topological polar surface area (TPSA) is 46.3 Å². The molecule has 4 atom stereocenters. The summed E-state index contributed by atoms with van der Waals surface area (Å²) in [6.45, 7) is 1.81. The van der Waals surface area contributed by atoms with Crippen LogP contribution >= 0.6 is 11.8 Å². The summed E-state index contributed by atoms with van der Waals surface area (Å²) in [5.41, 5.74) is 7.40. The fraction of sp³-hybridized carbons (Fsp3) is 0.562. The van der Waals surface area contributed by atoms with Crippen molar-refractivity contribution in [3.05, 3.63) is 29.8 Å². The van der Waals surface area contributed by atoms with Crippen LogP contribution in [0.3, 0.4) is 0 Å².